The molecule has 0 aliphatic heterocycles. The fourth-order valence-electron chi connectivity index (χ4n) is 2.42. The first-order valence-corrected chi connectivity index (χ1v) is 8.41. The van der Waals surface area contributed by atoms with Crippen LogP contribution < -0.4 is 5.32 Å². The van der Waals surface area contributed by atoms with Gasteiger partial charge in [-0.1, -0.05) is 23.2 Å². The van der Waals surface area contributed by atoms with Gasteiger partial charge < -0.3 is 10.3 Å². The van der Waals surface area contributed by atoms with Gasteiger partial charge in [0.25, 0.3) is 5.91 Å². The SMILES string of the molecule is O=C(NCCc1c[nH]c(-c2cc(Cl)cc(Cl)c2)n1)c1cc(F)cc(F)c1. The number of aromatic nitrogens is 2. The first-order valence-electron chi connectivity index (χ1n) is 7.66. The third kappa shape index (κ3) is 4.59. The van der Waals surface area contributed by atoms with E-state index in [1.165, 1.54) is 0 Å². The molecule has 1 amide bonds. The van der Waals surface area contributed by atoms with Crippen molar-refractivity contribution in [2.75, 3.05) is 6.54 Å². The molecule has 3 rings (SSSR count). The molecule has 2 aromatic carbocycles. The summed E-state index contributed by atoms with van der Waals surface area (Å²) in [5, 5.41) is 3.60. The van der Waals surface area contributed by atoms with E-state index in [0.717, 1.165) is 17.7 Å². The van der Waals surface area contributed by atoms with Crippen LogP contribution in [0.4, 0.5) is 8.78 Å². The van der Waals surface area contributed by atoms with Gasteiger partial charge in [0.1, 0.15) is 17.5 Å². The van der Waals surface area contributed by atoms with Crippen LogP contribution in [0.1, 0.15) is 16.1 Å². The zero-order chi connectivity index (χ0) is 18.7. The van der Waals surface area contributed by atoms with Crippen molar-refractivity contribution in [1.82, 2.24) is 15.3 Å². The lowest BCUT2D eigenvalue weighted by atomic mass is 10.2. The highest BCUT2D eigenvalue weighted by Gasteiger charge is 2.10. The Morgan fingerprint density at radius 2 is 1.69 bits per heavy atom. The molecule has 0 unspecified atom stereocenters. The summed E-state index contributed by atoms with van der Waals surface area (Å²) in [5.74, 6) is -1.55. The number of carbonyl (C=O) groups excluding carboxylic acids is 1. The van der Waals surface area contributed by atoms with Crippen molar-refractivity contribution in [1.29, 1.82) is 0 Å². The van der Waals surface area contributed by atoms with E-state index in [0.29, 0.717) is 34.1 Å². The van der Waals surface area contributed by atoms with Crippen LogP contribution in [0, 0.1) is 11.6 Å². The number of halogens is 4. The van der Waals surface area contributed by atoms with Gasteiger partial charge in [-0.05, 0) is 30.3 Å². The average molecular weight is 396 g/mol. The second-order valence-electron chi connectivity index (χ2n) is 5.56. The molecular formula is C18H13Cl2F2N3O. The van der Waals surface area contributed by atoms with E-state index in [1.54, 1.807) is 24.4 Å². The normalized spacial score (nSPS) is 10.8. The van der Waals surface area contributed by atoms with Gasteiger partial charge in [-0.25, -0.2) is 13.8 Å². The lowest BCUT2D eigenvalue weighted by Gasteiger charge is -2.04. The number of amides is 1. The molecule has 26 heavy (non-hydrogen) atoms. The topological polar surface area (TPSA) is 57.8 Å². The Morgan fingerprint density at radius 3 is 2.35 bits per heavy atom. The molecule has 8 heteroatoms. The van der Waals surface area contributed by atoms with Crippen molar-refractivity contribution in [2.45, 2.75) is 6.42 Å². The van der Waals surface area contributed by atoms with Crippen LogP contribution in [0.5, 0.6) is 0 Å². The van der Waals surface area contributed by atoms with Gasteiger partial charge in [0, 0.05) is 46.4 Å². The van der Waals surface area contributed by atoms with Gasteiger partial charge in [-0.15, -0.1) is 0 Å². The summed E-state index contributed by atoms with van der Waals surface area (Å²) in [6.45, 7) is 0.261. The first-order chi connectivity index (χ1) is 12.4. The van der Waals surface area contributed by atoms with Crippen LogP contribution in [-0.4, -0.2) is 22.4 Å². The van der Waals surface area contributed by atoms with Crippen molar-refractivity contribution in [2.24, 2.45) is 0 Å². The van der Waals surface area contributed by atoms with Crippen molar-refractivity contribution >= 4 is 29.1 Å². The fourth-order valence-corrected chi connectivity index (χ4v) is 2.94. The molecule has 0 spiro atoms. The largest absolute Gasteiger partial charge is 0.352 e. The maximum Gasteiger partial charge on any atom is 0.251 e. The molecular weight excluding hydrogens is 383 g/mol. The molecule has 0 saturated heterocycles. The van der Waals surface area contributed by atoms with E-state index in [-0.39, 0.29) is 12.1 Å². The third-order valence-corrected chi connectivity index (χ3v) is 3.99. The monoisotopic (exact) mass is 395 g/mol. The number of aromatic amines is 1. The van der Waals surface area contributed by atoms with Crippen LogP contribution in [-0.2, 0) is 6.42 Å². The van der Waals surface area contributed by atoms with Crippen LogP contribution >= 0.6 is 23.2 Å². The molecule has 0 bridgehead atoms. The van der Waals surface area contributed by atoms with Gasteiger partial charge in [0.15, 0.2) is 0 Å². The number of rotatable bonds is 5. The zero-order valence-electron chi connectivity index (χ0n) is 13.3. The van der Waals surface area contributed by atoms with E-state index < -0.39 is 17.5 Å². The molecule has 0 aliphatic carbocycles. The minimum absolute atomic E-state index is 0.0706. The van der Waals surface area contributed by atoms with Crippen LogP contribution in [0.3, 0.4) is 0 Å². The first kappa shape index (κ1) is 18.4. The maximum absolute atomic E-state index is 13.1. The van der Waals surface area contributed by atoms with E-state index in [2.05, 4.69) is 15.3 Å². The minimum Gasteiger partial charge on any atom is -0.352 e. The number of nitrogens with one attached hydrogen (secondary N) is 2. The summed E-state index contributed by atoms with van der Waals surface area (Å²) in [6.07, 6.45) is 2.15. The Morgan fingerprint density at radius 1 is 1.04 bits per heavy atom. The lowest BCUT2D eigenvalue weighted by molar-refractivity contribution is 0.0953. The summed E-state index contributed by atoms with van der Waals surface area (Å²) >= 11 is 12.0. The van der Waals surface area contributed by atoms with Crippen LogP contribution in [0.2, 0.25) is 10.0 Å². The van der Waals surface area contributed by atoms with Gasteiger partial charge in [-0.3, -0.25) is 4.79 Å². The molecule has 0 fully saturated rings. The number of imidazole rings is 1. The van der Waals surface area contributed by atoms with Gasteiger partial charge in [0.05, 0.1) is 5.69 Å². The summed E-state index contributed by atoms with van der Waals surface area (Å²) < 4.78 is 26.3. The quantitative estimate of drug-likeness (QED) is 0.661. The second-order valence-corrected chi connectivity index (χ2v) is 6.44. The van der Waals surface area contributed by atoms with Crippen molar-refractivity contribution in [3.8, 4) is 11.4 Å². The predicted molar refractivity (Wildman–Crippen MR) is 96.4 cm³/mol. The molecule has 3 aromatic rings. The molecule has 0 aliphatic rings. The fraction of sp³-hybridized carbons (Fsp3) is 0.111. The van der Waals surface area contributed by atoms with Crippen molar-refractivity contribution < 1.29 is 13.6 Å². The van der Waals surface area contributed by atoms with Gasteiger partial charge >= 0.3 is 0 Å². The molecule has 0 radical (unpaired) electrons. The molecule has 1 aromatic heterocycles. The van der Waals surface area contributed by atoms with Gasteiger partial charge in [-0.2, -0.15) is 0 Å². The number of nitrogens with zero attached hydrogens (tertiary/aromatic N) is 1. The standard InChI is InChI=1S/C18H13Cl2F2N3O/c19-12-3-10(4-13(20)7-12)17-24-9-16(25-17)1-2-23-18(26)11-5-14(21)8-15(22)6-11/h3-9H,1-2H2,(H,23,26)(H,24,25). The van der Waals surface area contributed by atoms with E-state index in [1.807, 2.05) is 0 Å². The maximum atomic E-state index is 13.1. The van der Waals surface area contributed by atoms with E-state index in [4.69, 9.17) is 23.2 Å². The van der Waals surface area contributed by atoms with Crippen molar-refractivity contribution in [3.63, 3.8) is 0 Å². The number of hydrogen-bond acceptors (Lipinski definition) is 2. The Kier molecular flexibility index (Phi) is 5.54. The van der Waals surface area contributed by atoms with Crippen LogP contribution in [0.25, 0.3) is 11.4 Å². The van der Waals surface area contributed by atoms with Crippen molar-refractivity contribution in [3.05, 3.63) is 75.5 Å². The summed E-state index contributed by atoms with van der Waals surface area (Å²) in [5.41, 5.74) is 1.38. The molecule has 0 atom stereocenters. The highest BCUT2D eigenvalue weighted by atomic mass is 35.5. The second kappa shape index (κ2) is 7.85. The molecule has 4 nitrogen and oxygen atoms in total. The number of H-pyrrole nitrogens is 1. The summed E-state index contributed by atoms with van der Waals surface area (Å²) in [6, 6.07) is 7.76. The highest BCUT2D eigenvalue weighted by molar-refractivity contribution is 6.35. The third-order valence-electron chi connectivity index (χ3n) is 3.56. The minimum atomic E-state index is -0.799. The number of carbonyl (C=O) groups is 1. The molecule has 2 N–H and O–H groups in total. The summed E-state index contributed by atoms with van der Waals surface area (Å²) in [7, 11) is 0. The predicted octanol–water partition coefficient (Wildman–Crippen LogP) is 4.63. The zero-order valence-corrected chi connectivity index (χ0v) is 14.8. The molecule has 0 saturated carbocycles. The highest BCUT2D eigenvalue weighted by Crippen LogP contribution is 2.25. The van der Waals surface area contributed by atoms with Crippen LogP contribution in [0.15, 0.2) is 42.6 Å². The Balaban J connectivity index is 1.60. The number of hydrogen-bond donors (Lipinski definition) is 2. The van der Waals surface area contributed by atoms with E-state index >= 15 is 0 Å². The smallest absolute Gasteiger partial charge is 0.251 e. The average Bonchev–Trinajstić information content (AvgIpc) is 3.02. The van der Waals surface area contributed by atoms with E-state index in [9.17, 15) is 13.6 Å². The Labute approximate surface area is 158 Å². The molecule has 134 valence electrons. The lowest BCUT2D eigenvalue weighted by Crippen LogP contribution is -2.26. The summed E-state index contributed by atoms with van der Waals surface area (Å²) in [4.78, 5) is 19.4. The number of benzene rings is 2. The molecule has 1 heterocycles. The Hall–Kier alpha value is -2.44. The Bertz CT molecular complexity index is 919. The van der Waals surface area contributed by atoms with Gasteiger partial charge in [0.2, 0.25) is 0 Å².